The summed E-state index contributed by atoms with van der Waals surface area (Å²) in [5.41, 5.74) is 0.627. The Bertz CT molecular complexity index is 473. The van der Waals surface area contributed by atoms with Crippen LogP contribution in [0.4, 0.5) is 0 Å². The lowest BCUT2D eigenvalue weighted by molar-refractivity contribution is -0.0261. The van der Waals surface area contributed by atoms with Gasteiger partial charge in [0.05, 0.1) is 17.3 Å². The third kappa shape index (κ3) is 3.30. The van der Waals surface area contributed by atoms with E-state index in [1.54, 1.807) is 10.9 Å². The quantitative estimate of drug-likeness (QED) is 0.770. The predicted molar refractivity (Wildman–Crippen MR) is 81.0 cm³/mol. The maximum atomic E-state index is 12.7. The highest BCUT2D eigenvalue weighted by molar-refractivity contribution is 9.10. The number of aromatic nitrogens is 2. The Morgan fingerprint density at radius 3 is 3.00 bits per heavy atom. The molecule has 1 saturated heterocycles. The second-order valence-electron chi connectivity index (χ2n) is 5.38. The van der Waals surface area contributed by atoms with E-state index in [0.29, 0.717) is 24.9 Å². The van der Waals surface area contributed by atoms with Crippen LogP contribution in [0.5, 0.6) is 0 Å². The molecule has 112 valence electrons. The topological polar surface area (TPSA) is 47.4 Å². The number of hydrogen-bond donors (Lipinski definition) is 0. The Morgan fingerprint density at radius 2 is 2.35 bits per heavy atom. The molecule has 6 heteroatoms. The summed E-state index contributed by atoms with van der Waals surface area (Å²) in [5, 5.41) is 4.26. The van der Waals surface area contributed by atoms with E-state index in [-0.39, 0.29) is 5.78 Å². The number of rotatable bonds is 5. The molecule has 5 nitrogen and oxygen atoms in total. The summed E-state index contributed by atoms with van der Waals surface area (Å²) >= 11 is 3.43. The van der Waals surface area contributed by atoms with Crippen molar-refractivity contribution >= 4 is 21.7 Å². The van der Waals surface area contributed by atoms with Gasteiger partial charge in [-0.1, -0.05) is 6.92 Å². The second kappa shape index (κ2) is 6.83. The normalized spacial score (nSPS) is 20.6. The first-order chi connectivity index (χ1) is 9.54. The molecule has 0 N–H and O–H groups in total. The standard InChI is InChI=1S/C14H22BrN3O2/c1-4-5-18-13(11(15)8-16-18)14(19)12-9-17(10(2)3)6-7-20-12/h8,10,12H,4-7,9H2,1-3H3. The molecule has 2 heterocycles. The number of aryl methyl sites for hydroxylation is 1. The van der Waals surface area contributed by atoms with Crippen LogP contribution in [0.15, 0.2) is 10.7 Å². The smallest absolute Gasteiger partial charge is 0.211 e. The van der Waals surface area contributed by atoms with Crippen LogP contribution in [0.1, 0.15) is 37.7 Å². The van der Waals surface area contributed by atoms with Crippen molar-refractivity contribution in [1.29, 1.82) is 0 Å². The highest BCUT2D eigenvalue weighted by atomic mass is 79.9. The summed E-state index contributed by atoms with van der Waals surface area (Å²) in [6.07, 6.45) is 2.24. The van der Waals surface area contributed by atoms with Crippen molar-refractivity contribution in [2.45, 2.75) is 45.9 Å². The molecule has 1 aromatic rings. The van der Waals surface area contributed by atoms with Crippen molar-refractivity contribution in [3.63, 3.8) is 0 Å². The zero-order chi connectivity index (χ0) is 14.7. The minimum absolute atomic E-state index is 0.0215. The molecule has 1 aliphatic heterocycles. The van der Waals surface area contributed by atoms with Crippen molar-refractivity contribution in [3.05, 3.63) is 16.4 Å². The molecule has 1 aliphatic rings. The van der Waals surface area contributed by atoms with Gasteiger partial charge in [-0.15, -0.1) is 0 Å². The van der Waals surface area contributed by atoms with Gasteiger partial charge >= 0.3 is 0 Å². The van der Waals surface area contributed by atoms with Gasteiger partial charge in [0, 0.05) is 25.7 Å². The lowest BCUT2D eigenvalue weighted by Gasteiger charge is -2.34. The van der Waals surface area contributed by atoms with E-state index >= 15 is 0 Å². The fourth-order valence-corrected chi connectivity index (χ4v) is 2.93. The Balaban J connectivity index is 2.16. The average molecular weight is 344 g/mol. The number of carbonyl (C=O) groups excluding carboxylic acids is 1. The number of halogens is 1. The van der Waals surface area contributed by atoms with Crippen LogP contribution >= 0.6 is 15.9 Å². The third-order valence-electron chi connectivity index (χ3n) is 3.58. The highest BCUT2D eigenvalue weighted by Crippen LogP contribution is 2.21. The molecule has 20 heavy (non-hydrogen) atoms. The number of hydrogen-bond acceptors (Lipinski definition) is 4. The number of morpholine rings is 1. The number of carbonyl (C=O) groups is 1. The molecule has 0 amide bonds. The molecule has 1 aromatic heterocycles. The van der Waals surface area contributed by atoms with Gasteiger partial charge < -0.3 is 4.74 Å². The maximum absolute atomic E-state index is 12.7. The van der Waals surface area contributed by atoms with Crippen LogP contribution in [-0.2, 0) is 11.3 Å². The minimum Gasteiger partial charge on any atom is -0.367 e. The monoisotopic (exact) mass is 343 g/mol. The summed E-state index contributed by atoms with van der Waals surface area (Å²) in [7, 11) is 0. The predicted octanol–water partition coefficient (Wildman–Crippen LogP) is 2.35. The molecule has 0 spiro atoms. The fourth-order valence-electron chi connectivity index (χ4n) is 2.44. The number of Topliss-reactive ketones (excluding diaryl/α,β-unsaturated/α-hetero) is 1. The zero-order valence-electron chi connectivity index (χ0n) is 12.3. The van der Waals surface area contributed by atoms with Crippen LogP contribution < -0.4 is 0 Å². The van der Waals surface area contributed by atoms with Gasteiger partial charge in [-0.2, -0.15) is 5.10 Å². The average Bonchev–Trinajstić information content (AvgIpc) is 2.79. The molecule has 1 unspecified atom stereocenters. The summed E-state index contributed by atoms with van der Waals surface area (Å²) < 4.78 is 8.20. The van der Waals surface area contributed by atoms with Crippen LogP contribution in [0.25, 0.3) is 0 Å². The SMILES string of the molecule is CCCn1ncc(Br)c1C(=O)C1CN(C(C)C)CCO1. The first kappa shape index (κ1) is 15.7. The third-order valence-corrected chi connectivity index (χ3v) is 4.16. The molecule has 2 rings (SSSR count). The van der Waals surface area contributed by atoms with Crippen LogP contribution in [0.2, 0.25) is 0 Å². The molecule has 0 aromatic carbocycles. The van der Waals surface area contributed by atoms with Crippen molar-refractivity contribution < 1.29 is 9.53 Å². The fraction of sp³-hybridized carbons (Fsp3) is 0.714. The van der Waals surface area contributed by atoms with Gasteiger partial charge in [-0.3, -0.25) is 14.4 Å². The Morgan fingerprint density at radius 1 is 1.60 bits per heavy atom. The molecular weight excluding hydrogens is 322 g/mol. The molecule has 0 aliphatic carbocycles. The minimum atomic E-state index is -0.394. The largest absolute Gasteiger partial charge is 0.367 e. The Hall–Kier alpha value is -0.720. The lowest BCUT2D eigenvalue weighted by Crippen LogP contribution is -2.49. The van der Waals surface area contributed by atoms with E-state index in [1.165, 1.54) is 0 Å². The van der Waals surface area contributed by atoms with Crippen molar-refractivity contribution in [2.75, 3.05) is 19.7 Å². The number of nitrogens with zero attached hydrogens (tertiary/aromatic N) is 3. The molecule has 1 fully saturated rings. The van der Waals surface area contributed by atoms with Crippen molar-refractivity contribution in [3.8, 4) is 0 Å². The Labute approximate surface area is 128 Å². The lowest BCUT2D eigenvalue weighted by atomic mass is 10.1. The summed E-state index contributed by atoms with van der Waals surface area (Å²) in [6.45, 7) is 9.24. The number of ketones is 1. The summed E-state index contributed by atoms with van der Waals surface area (Å²) in [4.78, 5) is 15.0. The first-order valence-corrected chi connectivity index (χ1v) is 7.95. The van der Waals surface area contributed by atoms with Gasteiger partial charge in [-0.25, -0.2) is 0 Å². The van der Waals surface area contributed by atoms with Gasteiger partial charge in [-0.05, 0) is 36.2 Å². The second-order valence-corrected chi connectivity index (χ2v) is 6.23. The van der Waals surface area contributed by atoms with Gasteiger partial charge in [0.1, 0.15) is 11.8 Å². The number of ether oxygens (including phenoxy) is 1. The summed E-state index contributed by atoms with van der Waals surface area (Å²) in [5.74, 6) is 0.0215. The van der Waals surface area contributed by atoms with Gasteiger partial charge in [0.25, 0.3) is 0 Å². The van der Waals surface area contributed by atoms with E-state index < -0.39 is 6.10 Å². The van der Waals surface area contributed by atoms with E-state index in [0.717, 1.165) is 24.0 Å². The Kier molecular flexibility index (Phi) is 5.35. The van der Waals surface area contributed by atoms with E-state index in [2.05, 4.69) is 46.7 Å². The van der Waals surface area contributed by atoms with Crippen LogP contribution in [0, 0.1) is 0 Å². The van der Waals surface area contributed by atoms with Crippen LogP contribution in [0.3, 0.4) is 0 Å². The molecular formula is C14H22BrN3O2. The summed E-state index contributed by atoms with van der Waals surface area (Å²) in [6, 6.07) is 0.429. The highest BCUT2D eigenvalue weighted by Gasteiger charge is 2.31. The molecule has 0 bridgehead atoms. The van der Waals surface area contributed by atoms with Crippen LogP contribution in [-0.4, -0.2) is 52.3 Å². The van der Waals surface area contributed by atoms with E-state index in [9.17, 15) is 4.79 Å². The maximum Gasteiger partial charge on any atom is 0.211 e. The van der Waals surface area contributed by atoms with E-state index in [4.69, 9.17) is 4.74 Å². The molecule has 1 atom stereocenters. The zero-order valence-corrected chi connectivity index (χ0v) is 13.9. The molecule has 0 saturated carbocycles. The first-order valence-electron chi connectivity index (χ1n) is 7.15. The van der Waals surface area contributed by atoms with Gasteiger partial charge in [0.2, 0.25) is 5.78 Å². The molecule has 0 radical (unpaired) electrons. The van der Waals surface area contributed by atoms with Crippen molar-refractivity contribution in [1.82, 2.24) is 14.7 Å². The van der Waals surface area contributed by atoms with E-state index in [1.807, 2.05) is 0 Å². The van der Waals surface area contributed by atoms with Crippen molar-refractivity contribution in [2.24, 2.45) is 0 Å². The van der Waals surface area contributed by atoms with Gasteiger partial charge in [0.15, 0.2) is 0 Å².